The Hall–Kier alpha value is -1.55. The summed E-state index contributed by atoms with van der Waals surface area (Å²) in [6.07, 6.45) is 2.72. The standard InChI is InChI=1S/C16H26N2O2/c1-4-12(2)15(17)16(19)18-10-6-8-13-7-5-9-14(11-13)20-3/h5,7,9,11-12,15H,4,6,8,10,17H2,1-3H3,(H,18,19). The first kappa shape index (κ1) is 16.5. The third kappa shape index (κ3) is 5.21. The molecule has 0 bridgehead atoms. The van der Waals surface area contributed by atoms with Crippen LogP contribution in [0, 0.1) is 5.92 Å². The molecule has 1 aromatic carbocycles. The molecule has 0 fully saturated rings. The van der Waals surface area contributed by atoms with Gasteiger partial charge in [-0.3, -0.25) is 4.79 Å². The summed E-state index contributed by atoms with van der Waals surface area (Å²) in [6.45, 7) is 4.70. The highest BCUT2D eigenvalue weighted by atomic mass is 16.5. The van der Waals surface area contributed by atoms with Gasteiger partial charge in [-0.05, 0) is 36.5 Å². The predicted octanol–water partition coefficient (Wildman–Crippen LogP) is 2.12. The third-order valence-electron chi connectivity index (χ3n) is 3.64. The number of rotatable bonds is 8. The van der Waals surface area contributed by atoms with Crippen LogP contribution >= 0.6 is 0 Å². The fourth-order valence-corrected chi connectivity index (χ4v) is 1.96. The van der Waals surface area contributed by atoms with E-state index in [1.165, 1.54) is 5.56 Å². The highest BCUT2D eigenvalue weighted by Crippen LogP contribution is 2.13. The number of benzene rings is 1. The van der Waals surface area contributed by atoms with Crippen LogP contribution in [-0.4, -0.2) is 25.6 Å². The van der Waals surface area contributed by atoms with Crippen molar-refractivity contribution >= 4 is 5.91 Å². The number of carbonyl (C=O) groups excluding carboxylic acids is 1. The molecule has 4 heteroatoms. The van der Waals surface area contributed by atoms with Crippen LogP contribution < -0.4 is 15.8 Å². The van der Waals surface area contributed by atoms with Crippen molar-refractivity contribution in [2.45, 2.75) is 39.2 Å². The number of carbonyl (C=O) groups is 1. The second-order valence-corrected chi connectivity index (χ2v) is 5.16. The van der Waals surface area contributed by atoms with E-state index in [-0.39, 0.29) is 11.8 Å². The zero-order valence-corrected chi connectivity index (χ0v) is 12.7. The molecule has 0 aliphatic rings. The molecular weight excluding hydrogens is 252 g/mol. The molecule has 1 aromatic rings. The van der Waals surface area contributed by atoms with Crippen LogP contribution in [0.5, 0.6) is 5.75 Å². The number of methoxy groups -OCH3 is 1. The molecule has 1 rings (SSSR count). The highest BCUT2D eigenvalue weighted by molar-refractivity contribution is 5.81. The summed E-state index contributed by atoms with van der Waals surface area (Å²) >= 11 is 0. The minimum absolute atomic E-state index is 0.0509. The number of hydrogen-bond donors (Lipinski definition) is 2. The van der Waals surface area contributed by atoms with Gasteiger partial charge < -0.3 is 15.8 Å². The van der Waals surface area contributed by atoms with E-state index in [0.29, 0.717) is 6.54 Å². The summed E-state index contributed by atoms with van der Waals surface area (Å²) in [5, 5.41) is 2.90. The van der Waals surface area contributed by atoms with Gasteiger partial charge >= 0.3 is 0 Å². The highest BCUT2D eigenvalue weighted by Gasteiger charge is 2.18. The first-order valence-corrected chi connectivity index (χ1v) is 7.24. The molecule has 0 aromatic heterocycles. The molecule has 2 atom stereocenters. The Morgan fingerprint density at radius 2 is 2.20 bits per heavy atom. The minimum atomic E-state index is -0.406. The Labute approximate surface area is 121 Å². The molecule has 20 heavy (non-hydrogen) atoms. The molecule has 0 saturated carbocycles. The molecule has 4 nitrogen and oxygen atoms in total. The van der Waals surface area contributed by atoms with E-state index in [1.807, 2.05) is 32.0 Å². The second-order valence-electron chi connectivity index (χ2n) is 5.16. The number of hydrogen-bond acceptors (Lipinski definition) is 3. The summed E-state index contributed by atoms with van der Waals surface area (Å²) in [5.41, 5.74) is 7.09. The zero-order chi connectivity index (χ0) is 15.0. The second kappa shape index (κ2) is 8.59. The Morgan fingerprint density at radius 1 is 1.45 bits per heavy atom. The van der Waals surface area contributed by atoms with E-state index in [2.05, 4.69) is 11.4 Å². The summed E-state index contributed by atoms with van der Waals surface area (Å²) < 4.78 is 5.18. The quantitative estimate of drug-likeness (QED) is 0.716. The van der Waals surface area contributed by atoms with E-state index in [9.17, 15) is 4.79 Å². The first-order chi connectivity index (χ1) is 9.58. The molecule has 0 aliphatic heterocycles. The average Bonchev–Trinajstić information content (AvgIpc) is 2.49. The van der Waals surface area contributed by atoms with Crippen LogP contribution in [0.2, 0.25) is 0 Å². The summed E-state index contributed by atoms with van der Waals surface area (Å²) in [4.78, 5) is 11.8. The fraction of sp³-hybridized carbons (Fsp3) is 0.562. The Bertz CT molecular complexity index is 421. The SMILES string of the molecule is CCC(C)C(N)C(=O)NCCCc1cccc(OC)c1. The monoisotopic (exact) mass is 278 g/mol. The topological polar surface area (TPSA) is 64.4 Å². The van der Waals surface area contributed by atoms with Crippen molar-refractivity contribution in [1.82, 2.24) is 5.32 Å². The van der Waals surface area contributed by atoms with Crippen LogP contribution in [0.15, 0.2) is 24.3 Å². The smallest absolute Gasteiger partial charge is 0.237 e. The van der Waals surface area contributed by atoms with Gasteiger partial charge in [-0.2, -0.15) is 0 Å². The lowest BCUT2D eigenvalue weighted by atomic mass is 9.99. The van der Waals surface area contributed by atoms with E-state index in [4.69, 9.17) is 10.5 Å². The van der Waals surface area contributed by atoms with E-state index in [1.54, 1.807) is 7.11 Å². The van der Waals surface area contributed by atoms with Crippen molar-refractivity contribution in [3.63, 3.8) is 0 Å². The molecule has 0 aliphatic carbocycles. The first-order valence-electron chi connectivity index (χ1n) is 7.24. The number of nitrogens with two attached hydrogens (primary N) is 1. The van der Waals surface area contributed by atoms with Gasteiger partial charge in [0.25, 0.3) is 0 Å². The van der Waals surface area contributed by atoms with E-state index in [0.717, 1.165) is 25.0 Å². The van der Waals surface area contributed by atoms with Crippen molar-refractivity contribution in [3.05, 3.63) is 29.8 Å². The minimum Gasteiger partial charge on any atom is -0.497 e. The summed E-state index contributed by atoms with van der Waals surface area (Å²) in [7, 11) is 1.66. The van der Waals surface area contributed by atoms with E-state index < -0.39 is 6.04 Å². The summed E-state index contributed by atoms with van der Waals surface area (Å²) in [6, 6.07) is 7.58. The number of amides is 1. The van der Waals surface area contributed by atoms with Gasteiger partial charge in [0.15, 0.2) is 0 Å². The lowest BCUT2D eigenvalue weighted by Gasteiger charge is -2.17. The zero-order valence-electron chi connectivity index (χ0n) is 12.7. The van der Waals surface area contributed by atoms with E-state index >= 15 is 0 Å². The Morgan fingerprint density at radius 3 is 2.85 bits per heavy atom. The lowest BCUT2D eigenvalue weighted by Crippen LogP contribution is -2.44. The predicted molar refractivity (Wildman–Crippen MR) is 81.8 cm³/mol. The molecule has 0 heterocycles. The van der Waals surface area contributed by atoms with Gasteiger partial charge in [0, 0.05) is 6.54 Å². The molecule has 1 amide bonds. The maximum Gasteiger partial charge on any atom is 0.237 e. The van der Waals surface area contributed by atoms with Crippen molar-refractivity contribution in [3.8, 4) is 5.75 Å². The number of aryl methyl sites for hydroxylation is 1. The molecule has 2 unspecified atom stereocenters. The van der Waals surface area contributed by atoms with Gasteiger partial charge in [-0.25, -0.2) is 0 Å². The van der Waals surface area contributed by atoms with Gasteiger partial charge in [-0.15, -0.1) is 0 Å². The number of ether oxygens (including phenoxy) is 1. The van der Waals surface area contributed by atoms with Crippen LogP contribution in [0.3, 0.4) is 0 Å². The average molecular weight is 278 g/mol. The van der Waals surface area contributed by atoms with Crippen LogP contribution in [-0.2, 0) is 11.2 Å². The van der Waals surface area contributed by atoms with Crippen LogP contribution in [0.4, 0.5) is 0 Å². The Kier molecular flexibility index (Phi) is 7.09. The van der Waals surface area contributed by atoms with Crippen molar-refractivity contribution in [2.75, 3.05) is 13.7 Å². The van der Waals surface area contributed by atoms with Crippen molar-refractivity contribution in [2.24, 2.45) is 11.7 Å². The molecule has 0 saturated heterocycles. The molecule has 3 N–H and O–H groups in total. The molecule has 0 radical (unpaired) electrons. The molecular formula is C16H26N2O2. The van der Waals surface area contributed by atoms with Gasteiger partial charge in [0.05, 0.1) is 13.2 Å². The largest absolute Gasteiger partial charge is 0.497 e. The molecule has 112 valence electrons. The van der Waals surface area contributed by atoms with Crippen LogP contribution in [0.1, 0.15) is 32.3 Å². The maximum atomic E-state index is 11.8. The normalized spacial score (nSPS) is 13.6. The number of nitrogens with one attached hydrogen (secondary N) is 1. The lowest BCUT2D eigenvalue weighted by molar-refractivity contribution is -0.123. The third-order valence-corrected chi connectivity index (χ3v) is 3.64. The van der Waals surface area contributed by atoms with Gasteiger partial charge in [0.1, 0.15) is 5.75 Å². The summed E-state index contributed by atoms with van der Waals surface area (Å²) in [5.74, 6) is 1.03. The maximum absolute atomic E-state index is 11.8. The fourth-order valence-electron chi connectivity index (χ4n) is 1.96. The van der Waals surface area contributed by atoms with Crippen molar-refractivity contribution < 1.29 is 9.53 Å². The van der Waals surface area contributed by atoms with Gasteiger partial charge in [0.2, 0.25) is 5.91 Å². The van der Waals surface area contributed by atoms with Crippen LogP contribution in [0.25, 0.3) is 0 Å². The Balaban J connectivity index is 2.29. The van der Waals surface area contributed by atoms with Crippen molar-refractivity contribution in [1.29, 1.82) is 0 Å². The van der Waals surface area contributed by atoms with Gasteiger partial charge in [-0.1, -0.05) is 32.4 Å². The molecule has 0 spiro atoms.